The summed E-state index contributed by atoms with van der Waals surface area (Å²) in [5.41, 5.74) is 3.33. The number of nitrogens with zero attached hydrogens (tertiary/aromatic N) is 4. The highest BCUT2D eigenvalue weighted by Gasteiger charge is 2.21. The lowest BCUT2D eigenvalue weighted by atomic mass is 10.3. The summed E-state index contributed by atoms with van der Waals surface area (Å²) in [6.07, 6.45) is 0.939. The third-order valence-corrected chi connectivity index (χ3v) is 3.50. The number of aromatic nitrogens is 2. The Bertz CT molecular complexity index is 441. The average molecular weight is 265 g/mol. The first kappa shape index (κ1) is 12.4. The number of carbonyl (C=O) groups excluding carboxylic acids is 1. The normalized spacial score (nSPS) is 20.7. The Balaban J connectivity index is 1.62. The topological polar surface area (TPSA) is 62.6 Å². The number of carbonyl (C=O) groups is 1. The highest BCUT2D eigenvalue weighted by molar-refractivity contribution is 5.92. The first-order valence-electron chi connectivity index (χ1n) is 6.67. The number of rotatable bonds is 2. The molecule has 0 aliphatic carbocycles. The molecule has 1 aromatic heterocycles. The molecule has 1 aromatic rings. The smallest absolute Gasteiger partial charge is 0.286 e. The lowest BCUT2D eigenvalue weighted by molar-refractivity contribution is 0.0657. The molecule has 1 amide bonds. The lowest BCUT2D eigenvalue weighted by Gasteiger charge is -2.32. The summed E-state index contributed by atoms with van der Waals surface area (Å²) in [4.78, 5) is 14.4. The first-order chi connectivity index (χ1) is 9.22. The van der Waals surface area contributed by atoms with Crippen molar-refractivity contribution in [3.63, 3.8) is 0 Å². The molecule has 1 saturated heterocycles. The molecule has 0 saturated carbocycles. The van der Waals surface area contributed by atoms with Gasteiger partial charge in [-0.05, 0) is 7.05 Å². The predicted molar refractivity (Wildman–Crippen MR) is 68.9 cm³/mol. The van der Waals surface area contributed by atoms with Gasteiger partial charge in [0.25, 0.3) is 5.91 Å². The van der Waals surface area contributed by atoms with E-state index in [1.54, 1.807) is 10.7 Å². The van der Waals surface area contributed by atoms with Crippen molar-refractivity contribution >= 4 is 5.91 Å². The minimum Gasteiger partial charge on any atom is -0.478 e. The molecule has 2 aliphatic rings. The molecule has 0 unspecified atom stereocenters. The number of hydrogen-bond donors (Lipinski definition) is 1. The summed E-state index contributed by atoms with van der Waals surface area (Å²) in [6.45, 7) is 5.12. The van der Waals surface area contributed by atoms with Crippen molar-refractivity contribution in [1.82, 2.24) is 25.1 Å². The van der Waals surface area contributed by atoms with Crippen molar-refractivity contribution in [2.75, 3.05) is 39.8 Å². The van der Waals surface area contributed by atoms with Crippen LogP contribution in [0.1, 0.15) is 16.9 Å². The maximum absolute atomic E-state index is 12.1. The van der Waals surface area contributed by atoms with Crippen molar-refractivity contribution < 1.29 is 9.53 Å². The van der Waals surface area contributed by atoms with Gasteiger partial charge in [-0.1, -0.05) is 0 Å². The second kappa shape index (κ2) is 5.18. The number of amides is 1. The molecule has 104 valence electrons. The number of nitrogens with one attached hydrogen (secondary N) is 1. The van der Waals surface area contributed by atoms with Crippen LogP contribution >= 0.6 is 0 Å². The summed E-state index contributed by atoms with van der Waals surface area (Å²) < 4.78 is 7.21. The predicted octanol–water partition coefficient (Wildman–Crippen LogP) is -0.442. The Morgan fingerprint density at radius 1 is 1.32 bits per heavy atom. The number of fused-ring (bicyclic) bond motifs is 1. The molecule has 0 atom stereocenters. The molecule has 1 fully saturated rings. The van der Waals surface area contributed by atoms with Gasteiger partial charge in [0.05, 0.1) is 6.61 Å². The first-order valence-corrected chi connectivity index (χ1v) is 6.67. The van der Waals surface area contributed by atoms with E-state index in [-0.39, 0.29) is 5.91 Å². The molecule has 3 heterocycles. The van der Waals surface area contributed by atoms with E-state index in [0.717, 1.165) is 39.1 Å². The van der Waals surface area contributed by atoms with E-state index in [2.05, 4.69) is 22.5 Å². The van der Waals surface area contributed by atoms with Crippen LogP contribution in [-0.2, 0) is 6.54 Å². The van der Waals surface area contributed by atoms with Crippen LogP contribution in [-0.4, -0.2) is 65.4 Å². The molecular formula is C12H19N5O2. The average Bonchev–Trinajstić information content (AvgIpc) is 2.85. The van der Waals surface area contributed by atoms with Crippen molar-refractivity contribution in [2.45, 2.75) is 13.0 Å². The van der Waals surface area contributed by atoms with Crippen LogP contribution in [0, 0.1) is 0 Å². The van der Waals surface area contributed by atoms with Crippen LogP contribution in [0.2, 0.25) is 0 Å². The Morgan fingerprint density at radius 2 is 2.11 bits per heavy atom. The molecule has 0 bridgehead atoms. The molecule has 0 radical (unpaired) electrons. The van der Waals surface area contributed by atoms with Crippen LogP contribution in [0.5, 0.6) is 5.88 Å². The van der Waals surface area contributed by atoms with Gasteiger partial charge >= 0.3 is 0 Å². The number of likely N-dealkylation sites (N-methyl/N-ethyl adjacent to an activating group) is 1. The molecule has 0 aromatic carbocycles. The fraction of sp³-hybridized carbons (Fsp3) is 0.667. The Morgan fingerprint density at radius 3 is 2.84 bits per heavy atom. The minimum atomic E-state index is -0.157. The number of aryl methyl sites for hydroxylation is 1. The van der Waals surface area contributed by atoms with Gasteiger partial charge in [-0.2, -0.15) is 5.10 Å². The van der Waals surface area contributed by atoms with E-state index in [1.165, 1.54) is 0 Å². The summed E-state index contributed by atoms with van der Waals surface area (Å²) in [5, 5.41) is 6.22. The zero-order valence-corrected chi connectivity index (χ0v) is 11.1. The highest BCUT2D eigenvalue weighted by atomic mass is 16.5. The van der Waals surface area contributed by atoms with Gasteiger partial charge in [-0.25, -0.2) is 9.69 Å². The fourth-order valence-corrected chi connectivity index (χ4v) is 2.30. The molecular weight excluding hydrogens is 246 g/mol. The largest absolute Gasteiger partial charge is 0.478 e. The minimum absolute atomic E-state index is 0.157. The van der Waals surface area contributed by atoms with E-state index in [4.69, 9.17) is 4.74 Å². The van der Waals surface area contributed by atoms with E-state index in [1.807, 2.05) is 5.01 Å². The number of piperazine rings is 1. The molecule has 3 rings (SSSR count). The van der Waals surface area contributed by atoms with Crippen LogP contribution in [0.15, 0.2) is 6.07 Å². The lowest BCUT2D eigenvalue weighted by Crippen LogP contribution is -2.52. The summed E-state index contributed by atoms with van der Waals surface area (Å²) >= 11 is 0. The summed E-state index contributed by atoms with van der Waals surface area (Å²) in [6, 6.07) is 1.71. The van der Waals surface area contributed by atoms with Gasteiger partial charge in [-0.15, -0.1) is 0 Å². The number of hydrazine groups is 1. The van der Waals surface area contributed by atoms with Crippen molar-refractivity contribution in [1.29, 1.82) is 0 Å². The fourth-order valence-electron chi connectivity index (χ4n) is 2.30. The quantitative estimate of drug-likeness (QED) is 0.785. The van der Waals surface area contributed by atoms with E-state index in [9.17, 15) is 4.79 Å². The second-order valence-electron chi connectivity index (χ2n) is 5.02. The Labute approximate surface area is 112 Å². The number of ether oxygens (including phenoxy) is 1. The van der Waals surface area contributed by atoms with Gasteiger partial charge in [-0.3, -0.25) is 10.2 Å². The highest BCUT2D eigenvalue weighted by Crippen LogP contribution is 2.18. The standard InChI is InChI=1S/C12H19N5O2/c1-15-4-6-16(7-5-15)14-12(18)10-9-11-17(13-10)3-2-8-19-11/h9H,2-8H2,1H3,(H,14,18). The Hall–Kier alpha value is -1.60. The van der Waals surface area contributed by atoms with Crippen molar-refractivity contribution in [2.24, 2.45) is 0 Å². The molecule has 0 spiro atoms. The van der Waals surface area contributed by atoms with Crippen LogP contribution in [0.4, 0.5) is 0 Å². The van der Waals surface area contributed by atoms with E-state index < -0.39 is 0 Å². The van der Waals surface area contributed by atoms with Crippen molar-refractivity contribution in [3.05, 3.63) is 11.8 Å². The molecule has 1 N–H and O–H groups in total. The SMILES string of the molecule is CN1CCN(NC(=O)c2cc3n(n2)CCCO3)CC1. The van der Waals surface area contributed by atoms with E-state index >= 15 is 0 Å². The van der Waals surface area contributed by atoms with Gasteiger partial charge in [0.15, 0.2) is 5.69 Å². The van der Waals surface area contributed by atoms with E-state index in [0.29, 0.717) is 18.2 Å². The van der Waals surface area contributed by atoms with Gasteiger partial charge in [0, 0.05) is 45.2 Å². The van der Waals surface area contributed by atoms with Crippen LogP contribution < -0.4 is 10.2 Å². The monoisotopic (exact) mass is 265 g/mol. The summed E-state index contributed by atoms with van der Waals surface area (Å²) in [7, 11) is 2.08. The maximum Gasteiger partial charge on any atom is 0.286 e. The van der Waals surface area contributed by atoms with Crippen LogP contribution in [0.3, 0.4) is 0 Å². The zero-order valence-electron chi connectivity index (χ0n) is 11.1. The van der Waals surface area contributed by atoms with Gasteiger partial charge in [0.2, 0.25) is 5.88 Å². The molecule has 19 heavy (non-hydrogen) atoms. The number of hydrogen-bond acceptors (Lipinski definition) is 5. The third-order valence-electron chi connectivity index (χ3n) is 3.50. The molecule has 7 heteroatoms. The molecule has 2 aliphatic heterocycles. The molecule has 7 nitrogen and oxygen atoms in total. The zero-order chi connectivity index (χ0) is 13.2. The third kappa shape index (κ3) is 2.71. The Kier molecular flexibility index (Phi) is 3.39. The maximum atomic E-state index is 12.1. The van der Waals surface area contributed by atoms with Gasteiger partial charge in [0.1, 0.15) is 0 Å². The van der Waals surface area contributed by atoms with Gasteiger partial charge < -0.3 is 9.64 Å². The summed E-state index contributed by atoms with van der Waals surface area (Å²) in [5.74, 6) is 0.532. The van der Waals surface area contributed by atoms with Crippen molar-refractivity contribution in [3.8, 4) is 5.88 Å². The second-order valence-corrected chi connectivity index (χ2v) is 5.02. The van der Waals surface area contributed by atoms with Crippen LogP contribution in [0.25, 0.3) is 0 Å².